The van der Waals surface area contributed by atoms with Crippen molar-refractivity contribution >= 4 is 5.69 Å². The van der Waals surface area contributed by atoms with Gasteiger partial charge in [0.2, 0.25) is 0 Å². The third kappa shape index (κ3) is 3.73. The van der Waals surface area contributed by atoms with Gasteiger partial charge < -0.3 is 10.1 Å². The zero-order valence-electron chi connectivity index (χ0n) is 11.9. The van der Waals surface area contributed by atoms with Gasteiger partial charge in [-0.25, -0.2) is 4.39 Å². The van der Waals surface area contributed by atoms with E-state index in [0.29, 0.717) is 18.9 Å². The molecule has 2 nitrogen and oxygen atoms in total. The Morgan fingerprint density at radius 1 is 1.00 bits per heavy atom. The van der Waals surface area contributed by atoms with Crippen molar-refractivity contribution in [1.82, 2.24) is 0 Å². The predicted molar refractivity (Wildman–Crippen MR) is 80.7 cm³/mol. The van der Waals surface area contributed by atoms with Crippen molar-refractivity contribution in [3.8, 4) is 5.75 Å². The van der Waals surface area contributed by atoms with E-state index in [2.05, 4.69) is 36.5 Å². The highest BCUT2D eigenvalue weighted by molar-refractivity contribution is 5.56. The summed E-state index contributed by atoms with van der Waals surface area (Å²) in [6.07, 6.45) is 1.04. The van der Waals surface area contributed by atoms with Crippen LogP contribution in [0.25, 0.3) is 0 Å². The molecule has 0 aliphatic rings. The first-order chi connectivity index (χ1) is 9.72. The molecular weight excluding hydrogens is 253 g/mol. The Balaban J connectivity index is 2.05. The van der Waals surface area contributed by atoms with Gasteiger partial charge >= 0.3 is 0 Å². The highest BCUT2D eigenvalue weighted by Crippen LogP contribution is 2.26. The van der Waals surface area contributed by atoms with Crippen molar-refractivity contribution in [3.63, 3.8) is 0 Å². The van der Waals surface area contributed by atoms with Crippen LogP contribution < -0.4 is 10.1 Å². The summed E-state index contributed by atoms with van der Waals surface area (Å²) in [7, 11) is 0. The van der Waals surface area contributed by atoms with Crippen molar-refractivity contribution in [2.24, 2.45) is 0 Å². The zero-order valence-corrected chi connectivity index (χ0v) is 11.9. The van der Waals surface area contributed by atoms with Gasteiger partial charge in [-0.1, -0.05) is 31.2 Å². The number of hydrogen-bond acceptors (Lipinski definition) is 2. The van der Waals surface area contributed by atoms with E-state index in [0.717, 1.165) is 12.1 Å². The molecule has 0 amide bonds. The standard InChI is InChI=1S/C17H20FNO/c1-3-13-5-7-14(8-6-13)12-19-16-10-9-15(18)11-17(16)20-4-2/h5-11,19H,3-4,12H2,1-2H3. The fourth-order valence-corrected chi connectivity index (χ4v) is 2.01. The van der Waals surface area contributed by atoms with Crippen LogP contribution in [0.1, 0.15) is 25.0 Å². The molecule has 0 unspecified atom stereocenters. The summed E-state index contributed by atoms with van der Waals surface area (Å²) in [6, 6.07) is 13.0. The van der Waals surface area contributed by atoms with Crippen LogP contribution in [0.5, 0.6) is 5.75 Å². The number of ether oxygens (including phenoxy) is 1. The average Bonchev–Trinajstić information content (AvgIpc) is 2.47. The highest BCUT2D eigenvalue weighted by atomic mass is 19.1. The second kappa shape index (κ2) is 6.94. The van der Waals surface area contributed by atoms with Gasteiger partial charge in [0, 0.05) is 12.6 Å². The van der Waals surface area contributed by atoms with E-state index in [1.54, 1.807) is 6.07 Å². The van der Waals surface area contributed by atoms with Crippen LogP contribution in [0.2, 0.25) is 0 Å². The summed E-state index contributed by atoms with van der Waals surface area (Å²) in [5, 5.41) is 3.29. The molecule has 3 heteroatoms. The van der Waals surface area contributed by atoms with Gasteiger partial charge in [-0.3, -0.25) is 0 Å². The van der Waals surface area contributed by atoms with Crippen LogP contribution in [-0.2, 0) is 13.0 Å². The minimum atomic E-state index is -0.286. The average molecular weight is 273 g/mol. The van der Waals surface area contributed by atoms with E-state index >= 15 is 0 Å². The molecule has 0 aromatic heterocycles. The number of benzene rings is 2. The fraction of sp³-hybridized carbons (Fsp3) is 0.294. The quantitative estimate of drug-likeness (QED) is 0.842. The van der Waals surface area contributed by atoms with Crippen LogP contribution in [0.4, 0.5) is 10.1 Å². The normalized spacial score (nSPS) is 10.3. The van der Waals surface area contributed by atoms with Crippen LogP contribution in [0.3, 0.4) is 0 Å². The molecule has 106 valence electrons. The molecule has 0 bridgehead atoms. The first-order valence-corrected chi connectivity index (χ1v) is 6.97. The molecular formula is C17H20FNO. The number of rotatable bonds is 6. The monoisotopic (exact) mass is 273 g/mol. The minimum Gasteiger partial charge on any atom is -0.492 e. The lowest BCUT2D eigenvalue weighted by molar-refractivity contribution is 0.340. The van der Waals surface area contributed by atoms with Gasteiger partial charge in [0.25, 0.3) is 0 Å². The number of aryl methyl sites for hydroxylation is 1. The lowest BCUT2D eigenvalue weighted by Crippen LogP contribution is -2.03. The van der Waals surface area contributed by atoms with Gasteiger partial charge in [-0.15, -0.1) is 0 Å². The molecule has 0 aliphatic heterocycles. The molecule has 2 rings (SSSR count). The van der Waals surface area contributed by atoms with Crippen molar-refractivity contribution < 1.29 is 9.13 Å². The van der Waals surface area contributed by atoms with E-state index < -0.39 is 0 Å². The Morgan fingerprint density at radius 3 is 2.35 bits per heavy atom. The molecule has 0 radical (unpaired) electrons. The molecule has 0 saturated heterocycles. The lowest BCUT2D eigenvalue weighted by atomic mass is 10.1. The lowest BCUT2D eigenvalue weighted by Gasteiger charge is -2.12. The molecule has 0 spiro atoms. The molecule has 20 heavy (non-hydrogen) atoms. The Hall–Kier alpha value is -2.03. The third-order valence-electron chi connectivity index (χ3n) is 3.16. The van der Waals surface area contributed by atoms with Gasteiger partial charge in [0.15, 0.2) is 0 Å². The van der Waals surface area contributed by atoms with Crippen LogP contribution in [0, 0.1) is 5.82 Å². The van der Waals surface area contributed by atoms with Crippen molar-refractivity contribution in [1.29, 1.82) is 0 Å². The second-order valence-electron chi connectivity index (χ2n) is 4.60. The first-order valence-electron chi connectivity index (χ1n) is 6.97. The van der Waals surface area contributed by atoms with Crippen molar-refractivity contribution in [2.75, 3.05) is 11.9 Å². The Kier molecular flexibility index (Phi) is 4.99. The Morgan fingerprint density at radius 2 is 1.70 bits per heavy atom. The zero-order chi connectivity index (χ0) is 14.4. The topological polar surface area (TPSA) is 21.3 Å². The van der Waals surface area contributed by atoms with Crippen LogP contribution >= 0.6 is 0 Å². The van der Waals surface area contributed by atoms with E-state index in [1.165, 1.54) is 23.3 Å². The van der Waals surface area contributed by atoms with Gasteiger partial charge in [0.1, 0.15) is 11.6 Å². The molecule has 0 heterocycles. The molecule has 0 saturated carbocycles. The fourth-order valence-electron chi connectivity index (χ4n) is 2.01. The summed E-state index contributed by atoms with van der Waals surface area (Å²) >= 11 is 0. The number of nitrogens with one attached hydrogen (secondary N) is 1. The predicted octanol–water partition coefficient (Wildman–Crippen LogP) is 4.40. The third-order valence-corrected chi connectivity index (χ3v) is 3.16. The maximum absolute atomic E-state index is 13.2. The summed E-state index contributed by atoms with van der Waals surface area (Å²) < 4.78 is 18.6. The minimum absolute atomic E-state index is 0.286. The number of halogens is 1. The molecule has 0 fully saturated rings. The smallest absolute Gasteiger partial charge is 0.145 e. The van der Waals surface area contributed by atoms with Gasteiger partial charge in [0.05, 0.1) is 12.3 Å². The largest absolute Gasteiger partial charge is 0.492 e. The molecule has 1 N–H and O–H groups in total. The summed E-state index contributed by atoms with van der Waals surface area (Å²) in [5.74, 6) is 0.268. The second-order valence-corrected chi connectivity index (χ2v) is 4.60. The Bertz CT molecular complexity index is 551. The SMILES string of the molecule is CCOc1cc(F)ccc1NCc1ccc(CC)cc1. The van der Waals surface area contributed by atoms with Crippen LogP contribution in [-0.4, -0.2) is 6.61 Å². The number of anilines is 1. The van der Waals surface area contributed by atoms with E-state index in [4.69, 9.17) is 4.74 Å². The molecule has 2 aromatic carbocycles. The first kappa shape index (κ1) is 14.4. The summed E-state index contributed by atoms with van der Waals surface area (Å²) in [5.41, 5.74) is 3.33. The van der Waals surface area contributed by atoms with Crippen molar-refractivity contribution in [3.05, 3.63) is 59.4 Å². The molecule has 0 atom stereocenters. The number of hydrogen-bond donors (Lipinski definition) is 1. The summed E-state index contributed by atoms with van der Waals surface area (Å²) in [6.45, 7) is 5.23. The maximum Gasteiger partial charge on any atom is 0.145 e. The Labute approximate surface area is 119 Å². The van der Waals surface area contributed by atoms with E-state index in [-0.39, 0.29) is 5.82 Å². The van der Waals surface area contributed by atoms with Gasteiger partial charge in [-0.05, 0) is 36.6 Å². The molecule has 0 aliphatic carbocycles. The highest BCUT2D eigenvalue weighted by Gasteiger charge is 2.05. The maximum atomic E-state index is 13.2. The van der Waals surface area contributed by atoms with Crippen molar-refractivity contribution in [2.45, 2.75) is 26.8 Å². The van der Waals surface area contributed by atoms with Gasteiger partial charge in [-0.2, -0.15) is 0 Å². The van der Waals surface area contributed by atoms with E-state index in [1.807, 2.05) is 6.92 Å². The molecule has 2 aromatic rings. The van der Waals surface area contributed by atoms with Crippen LogP contribution in [0.15, 0.2) is 42.5 Å². The summed E-state index contributed by atoms with van der Waals surface area (Å²) in [4.78, 5) is 0. The van der Waals surface area contributed by atoms with E-state index in [9.17, 15) is 4.39 Å².